The van der Waals surface area contributed by atoms with E-state index in [1.807, 2.05) is 27.7 Å². The Morgan fingerprint density at radius 3 is 2.19 bits per heavy atom. The molecule has 4 N–H and O–H groups in total. The van der Waals surface area contributed by atoms with Gasteiger partial charge in [-0.05, 0) is 113 Å². The first-order chi connectivity index (χ1) is 16.7. The number of hydrogen-bond acceptors (Lipinski definition) is 4. The number of allylic oxidation sites excluding steroid dienone is 3. The fourth-order valence-electron chi connectivity index (χ4n) is 7.66. The molecule has 0 bridgehead atoms. The molecule has 3 fully saturated rings. The molecule has 0 heterocycles. The molecular weight excluding hydrogens is 448 g/mol. The van der Waals surface area contributed by atoms with Crippen LogP contribution in [0.1, 0.15) is 118 Å². The summed E-state index contributed by atoms with van der Waals surface area (Å²) in [6, 6.07) is 0. The lowest BCUT2D eigenvalue weighted by atomic mass is 9.60. The second kappa shape index (κ2) is 11.8. The van der Waals surface area contributed by atoms with Crippen LogP contribution < -0.4 is 0 Å². The van der Waals surface area contributed by atoms with Crippen LogP contribution in [0.5, 0.6) is 0 Å². The minimum atomic E-state index is -0.639. The number of hydrogen-bond donors (Lipinski definition) is 4. The van der Waals surface area contributed by atoms with Gasteiger partial charge in [0.25, 0.3) is 0 Å². The lowest BCUT2D eigenvalue weighted by Crippen LogP contribution is -2.37. The van der Waals surface area contributed by atoms with Gasteiger partial charge in [-0.3, -0.25) is 0 Å². The van der Waals surface area contributed by atoms with E-state index in [4.69, 9.17) is 0 Å². The first kappa shape index (κ1) is 29.6. The molecule has 0 aromatic heterocycles. The normalized spacial score (nSPS) is 34.1. The van der Waals surface area contributed by atoms with Gasteiger partial charge >= 0.3 is 0 Å². The number of fused-ring (bicyclic) bond motifs is 1. The van der Waals surface area contributed by atoms with Crippen LogP contribution in [0.15, 0.2) is 35.5 Å². The van der Waals surface area contributed by atoms with E-state index in [9.17, 15) is 20.4 Å². The van der Waals surface area contributed by atoms with E-state index in [0.29, 0.717) is 36.0 Å². The highest BCUT2D eigenvalue weighted by atomic mass is 16.3. The molecule has 0 saturated heterocycles. The van der Waals surface area contributed by atoms with Gasteiger partial charge in [0.15, 0.2) is 0 Å². The SMILES string of the molecule is C=C1/C(=C/C=C2\CCC[C@@]3(C)C2CC[C@@H]3C(CCCC(C)(C)O)CCCC(C)(C)O)C[C@@H](O)CC1O. The molecule has 0 aromatic rings. The maximum absolute atomic E-state index is 10.3. The van der Waals surface area contributed by atoms with Crippen LogP contribution in [0.2, 0.25) is 0 Å². The fourth-order valence-corrected chi connectivity index (χ4v) is 7.66. The van der Waals surface area contributed by atoms with Crippen molar-refractivity contribution < 1.29 is 20.4 Å². The Balaban J connectivity index is 1.77. The zero-order valence-corrected chi connectivity index (χ0v) is 23.7. The minimum absolute atomic E-state index is 0.291. The van der Waals surface area contributed by atoms with Crippen molar-refractivity contribution in [1.82, 2.24) is 0 Å². The Hall–Kier alpha value is -0.940. The van der Waals surface area contributed by atoms with E-state index >= 15 is 0 Å². The van der Waals surface area contributed by atoms with Crippen molar-refractivity contribution in [2.75, 3.05) is 0 Å². The Morgan fingerprint density at radius 2 is 1.61 bits per heavy atom. The van der Waals surface area contributed by atoms with Crippen LogP contribution in [0.3, 0.4) is 0 Å². The average molecular weight is 503 g/mol. The van der Waals surface area contributed by atoms with E-state index in [0.717, 1.165) is 56.1 Å². The zero-order valence-electron chi connectivity index (χ0n) is 23.7. The van der Waals surface area contributed by atoms with Gasteiger partial charge in [0.1, 0.15) is 0 Å². The van der Waals surface area contributed by atoms with Gasteiger partial charge in [0.2, 0.25) is 0 Å². The Labute approximate surface area is 220 Å². The van der Waals surface area contributed by atoms with Gasteiger partial charge < -0.3 is 20.4 Å². The lowest BCUT2D eigenvalue weighted by molar-refractivity contribution is 0.0480. The minimum Gasteiger partial charge on any atom is -0.393 e. The van der Waals surface area contributed by atoms with Crippen LogP contribution in [-0.2, 0) is 0 Å². The maximum atomic E-state index is 10.3. The topological polar surface area (TPSA) is 80.9 Å². The summed E-state index contributed by atoms with van der Waals surface area (Å²) in [5.41, 5.74) is 2.36. The van der Waals surface area contributed by atoms with Crippen LogP contribution in [0.4, 0.5) is 0 Å². The van der Waals surface area contributed by atoms with Gasteiger partial charge in [-0.2, -0.15) is 0 Å². The highest BCUT2D eigenvalue weighted by Crippen LogP contribution is 2.60. The van der Waals surface area contributed by atoms with Crippen molar-refractivity contribution in [2.45, 2.75) is 141 Å². The van der Waals surface area contributed by atoms with Crippen molar-refractivity contribution in [3.05, 3.63) is 35.5 Å². The largest absolute Gasteiger partial charge is 0.393 e. The van der Waals surface area contributed by atoms with Crippen LogP contribution in [0, 0.1) is 23.2 Å². The van der Waals surface area contributed by atoms with Crippen LogP contribution in [0.25, 0.3) is 0 Å². The predicted molar refractivity (Wildman–Crippen MR) is 149 cm³/mol. The van der Waals surface area contributed by atoms with E-state index in [1.165, 1.54) is 31.3 Å². The third-order valence-electron chi connectivity index (χ3n) is 9.60. The summed E-state index contributed by atoms with van der Waals surface area (Å²) < 4.78 is 0. The Kier molecular flexibility index (Phi) is 9.74. The van der Waals surface area contributed by atoms with Crippen molar-refractivity contribution in [2.24, 2.45) is 23.2 Å². The van der Waals surface area contributed by atoms with E-state index < -0.39 is 23.4 Å². The number of aliphatic hydroxyl groups excluding tert-OH is 2. The monoisotopic (exact) mass is 502 g/mol. The van der Waals surface area contributed by atoms with E-state index in [-0.39, 0.29) is 0 Å². The molecule has 0 amide bonds. The third-order valence-corrected chi connectivity index (χ3v) is 9.60. The molecular formula is C32H54O4. The van der Waals surface area contributed by atoms with Crippen molar-refractivity contribution >= 4 is 0 Å². The summed E-state index contributed by atoms with van der Waals surface area (Å²) in [6.45, 7) is 14.3. The molecule has 4 nitrogen and oxygen atoms in total. The smallest absolute Gasteiger partial charge is 0.0811 e. The van der Waals surface area contributed by atoms with Gasteiger partial charge in [-0.1, -0.05) is 56.9 Å². The van der Waals surface area contributed by atoms with Gasteiger partial charge in [-0.15, -0.1) is 0 Å². The predicted octanol–water partition coefficient (Wildman–Crippen LogP) is 6.63. The third kappa shape index (κ3) is 7.79. The molecule has 3 rings (SSSR count). The molecule has 3 saturated carbocycles. The summed E-state index contributed by atoms with van der Waals surface area (Å²) in [5, 5.41) is 40.9. The van der Waals surface area contributed by atoms with E-state index in [2.05, 4.69) is 25.7 Å². The molecule has 0 aliphatic heterocycles. The number of rotatable bonds is 10. The molecule has 3 aliphatic carbocycles. The van der Waals surface area contributed by atoms with Gasteiger partial charge in [-0.25, -0.2) is 0 Å². The Morgan fingerprint density at radius 1 is 1.00 bits per heavy atom. The van der Waals surface area contributed by atoms with E-state index in [1.54, 1.807) is 0 Å². The Bertz CT molecular complexity index is 791. The van der Waals surface area contributed by atoms with Crippen molar-refractivity contribution in [3.8, 4) is 0 Å². The quantitative estimate of drug-likeness (QED) is 0.270. The molecule has 0 aromatic carbocycles. The second-order valence-electron chi connectivity index (χ2n) is 13.8. The molecule has 3 aliphatic rings. The molecule has 206 valence electrons. The lowest BCUT2D eigenvalue weighted by Gasteiger charge is -2.45. The van der Waals surface area contributed by atoms with Crippen LogP contribution >= 0.6 is 0 Å². The molecule has 5 atom stereocenters. The first-order valence-corrected chi connectivity index (χ1v) is 14.6. The fraction of sp³-hybridized carbons (Fsp3) is 0.812. The maximum Gasteiger partial charge on any atom is 0.0811 e. The summed E-state index contributed by atoms with van der Waals surface area (Å²) in [4.78, 5) is 0. The van der Waals surface area contributed by atoms with Crippen LogP contribution in [-0.4, -0.2) is 43.8 Å². The molecule has 0 radical (unpaired) electrons. The average Bonchev–Trinajstić information content (AvgIpc) is 3.10. The molecule has 4 heteroatoms. The summed E-state index contributed by atoms with van der Waals surface area (Å²) in [6.07, 6.45) is 16.5. The summed E-state index contributed by atoms with van der Waals surface area (Å²) >= 11 is 0. The highest BCUT2D eigenvalue weighted by Gasteiger charge is 2.51. The van der Waals surface area contributed by atoms with Gasteiger partial charge in [0.05, 0.1) is 23.4 Å². The molecule has 0 spiro atoms. The van der Waals surface area contributed by atoms with Gasteiger partial charge in [0, 0.05) is 6.42 Å². The number of aliphatic hydroxyl groups is 4. The van der Waals surface area contributed by atoms with Crippen molar-refractivity contribution in [1.29, 1.82) is 0 Å². The zero-order chi connectivity index (χ0) is 26.7. The summed E-state index contributed by atoms with van der Waals surface area (Å²) in [7, 11) is 0. The first-order valence-electron chi connectivity index (χ1n) is 14.6. The standard InChI is InChI=1S/C32H54O4/c1-22-25(20-26(33)21-29(22)34)14-13-24-12-9-19-32(6)27(15-16-28(24)32)23(10-7-17-30(2,3)35)11-8-18-31(4,5)36/h13-14,23,26-29,33-36H,1,7-12,15-21H2,2-6H3/b24-13+,25-14+/t26-,27-,28?,29?,32-/m1/s1. The summed E-state index contributed by atoms with van der Waals surface area (Å²) in [5.74, 6) is 1.90. The van der Waals surface area contributed by atoms with Crippen molar-refractivity contribution in [3.63, 3.8) is 0 Å². The molecule has 2 unspecified atom stereocenters. The second-order valence-corrected chi connectivity index (χ2v) is 13.8. The highest BCUT2D eigenvalue weighted by molar-refractivity contribution is 5.38. The molecule has 36 heavy (non-hydrogen) atoms.